The molecule has 4 fully saturated rings. The summed E-state index contributed by atoms with van der Waals surface area (Å²) < 4.78 is 23.9. The van der Waals surface area contributed by atoms with Gasteiger partial charge < -0.3 is 28.8 Å². The number of carbonyl (C=O) groups is 1. The van der Waals surface area contributed by atoms with E-state index >= 15 is 0 Å². The number of carbonyl (C=O) groups excluding carboxylic acids is 1. The van der Waals surface area contributed by atoms with Gasteiger partial charge in [0, 0.05) is 40.9 Å². The van der Waals surface area contributed by atoms with Crippen LogP contribution in [-0.2, 0) is 19.0 Å². The molecule has 34 heavy (non-hydrogen) atoms. The van der Waals surface area contributed by atoms with Gasteiger partial charge >= 0.3 is 5.97 Å². The Bertz CT molecular complexity index is 1030. The van der Waals surface area contributed by atoms with Crippen molar-refractivity contribution in [3.05, 3.63) is 35.3 Å². The van der Waals surface area contributed by atoms with E-state index in [-0.39, 0.29) is 54.9 Å². The van der Waals surface area contributed by atoms with Crippen LogP contribution in [0.15, 0.2) is 34.2 Å². The highest BCUT2D eigenvalue weighted by molar-refractivity contribution is 5.70. The van der Waals surface area contributed by atoms with Crippen LogP contribution in [0.1, 0.15) is 58.4 Å². The summed E-state index contributed by atoms with van der Waals surface area (Å²) in [5.74, 6) is -0.431. The minimum absolute atomic E-state index is 0.0728. The SMILES string of the molecule is COC(=O)C[C@H]1[C@]2(C)C3=C(C)[C@H](c4ccoc4)C[C@H]3O[C@@H]2C2OC[C@@]3(C)C2[C@]1(C)[C@@H](O)C[C@H]3O. The number of allylic oxidation sites excluding steroid dienone is 1. The van der Waals surface area contributed by atoms with Crippen LogP contribution in [0.4, 0.5) is 0 Å². The molecular weight excluding hydrogens is 436 g/mol. The molecule has 7 heteroatoms. The highest BCUT2D eigenvalue weighted by Gasteiger charge is 2.77. The van der Waals surface area contributed by atoms with Crippen LogP contribution in [-0.4, -0.2) is 60.4 Å². The van der Waals surface area contributed by atoms with Crippen LogP contribution in [0.3, 0.4) is 0 Å². The Kier molecular flexibility index (Phi) is 4.81. The van der Waals surface area contributed by atoms with E-state index in [0.717, 1.165) is 12.0 Å². The molecule has 186 valence electrons. The van der Waals surface area contributed by atoms with Gasteiger partial charge in [0.05, 0.1) is 56.8 Å². The number of furan rings is 1. The molecule has 0 aromatic carbocycles. The Balaban J connectivity index is 1.54. The van der Waals surface area contributed by atoms with Gasteiger partial charge in [-0.05, 0) is 36.5 Å². The van der Waals surface area contributed by atoms with E-state index in [0.29, 0.717) is 6.61 Å². The van der Waals surface area contributed by atoms with Gasteiger partial charge in [-0.2, -0.15) is 0 Å². The van der Waals surface area contributed by atoms with E-state index in [2.05, 4.69) is 27.7 Å². The summed E-state index contributed by atoms with van der Waals surface area (Å²) in [6.45, 7) is 8.98. The van der Waals surface area contributed by atoms with Crippen LogP contribution in [0.2, 0.25) is 0 Å². The summed E-state index contributed by atoms with van der Waals surface area (Å²) in [4.78, 5) is 12.8. The van der Waals surface area contributed by atoms with Crippen molar-refractivity contribution in [2.45, 2.75) is 83.4 Å². The van der Waals surface area contributed by atoms with Crippen molar-refractivity contribution in [1.82, 2.24) is 0 Å². The maximum absolute atomic E-state index is 12.8. The van der Waals surface area contributed by atoms with Crippen molar-refractivity contribution in [3.8, 4) is 0 Å². The lowest BCUT2D eigenvalue weighted by atomic mass is 9.40. The highest BCUT2D eigenvalue weighted by atomic mass is 16.6. The van der Waals surface area contributed by atoms with Gasteiger partial charge in [0.1, 0.15) is 0 Å². The summed E-state index contributed by atoms with van der Waals surface area (Å²) in [7, 11) is 1.42. The first-order chi connectivity index (χ1) is 16.1. The molecule has 0 bridgehead atoms. The molecule has 7 nitrogen and oxygen atoms in total. The van der Waals surface area contributed by atoms with Crippen molar-refractivity contribution in [1.29, 1.82) is 0 Å². The fraction of sp³-hybridized carbons (Fsp3) is 0.741. The molecule has 1 aromatic rings. The Morgan fingerprint density at radius 1 is 1.21 bits per heavy atom. The van der Waals surface area contributed by atoms with Crippen molar-refractivity contribution >= 4 is 5.97 Å². The number of ether oxygens (including phenoxy) is 3. The van der Waals surface area contributed by atoms with E-state index in [1.807, 2.05) is 6.07 Å². The molecule has 0 spiro atoms. The number of aliphatic hydroxyl groups is 2. The van der Waals surface area contributed by atoms with Crippen LogP contribution in [0.25, 0.3) is 0 Å². The van der Waals surface area contributed by atoms with Gasteiger partial charge in [-0.25, -0.2) is 0 Å². The molecule has 2 saturated heterocycles. The Morgan fingerprint density at radius 2 is 1.97 bits per heavy atom. The second kappa shape index (κ2) is 7.19. The minimum atomic E-state index is -0.761. The van der Waals surface area contributed by atoms with Gasteiger partial charge in [-0.15, -0.1) is 0 Å². The third-order valence-corrected chi connectivity index (χ3v) is 10.7. The maximum atomic E-state index is 12.8. The van der Waals surface area contributed by atoms with E-state index in [1.165, 1.54) is 18.3 Å². The lowest BCUT2D eigenvalue weighted by Gasteiger charge is -2.64. The zero-order valence-electron chi connectivity index (χ0n) is 20.6. The molecule has 11 atom stereocenters. The van der Waals surface area contributed by atoms with Gasteiger partial charge in [0.25, 0.3) is 0 Å². The van der Waals surface area contributed by atoms with Crippen LogP contribution in [0, 0.1) is 28.1 Å². The van der Waals surface area contributed by atoms with Crippen LogP contribution in [0.5, 0.6) is 0 Å². The van der Waals surface area contributed by atoms with E-state index in [4.69, 9.17) is 18.6 Å². The molecule has 3 aliphatic carbocycles. The Hall–Kier alpha value is -1.67. The average molecular weight is 473 g/mol. The predicted molar refractivity (Wildman–Crippen MR) is 122 cm³/mol. The second-order valence-corrected chi connectivity index (χ2v) is 12.0. The van der Waals surface area contributed by atoms with Gasteiger partial charge in [-0.1, -0.05) is 26.3 Å². The quantitative estimate of drug-likeness (QED) is 0.515. The van der Waals surface area contributed by atoms with E-state index in [9.17, 15) is 15.0 Å². The fourth-order valence-electron chi connectivity index (χ4n) is 9.17. The number of esters is 1. The molecule has 1 aromatic heterocycles. The lowest BCUT2D eigenvalue weighted by molar-refractivity contribution is -0.243. The van der Waals surface area contributed by atoms with Gasteiger partial charge in [0.15, 0.2) is 0 Å². The first-order valence-corrected chi connectivity index (χ1v) is 12.5. The Morgan fingerprint density at radius 3 is 2.65 bits per heavy atom. The number of hydrogen-bond donors (Lipinski definition) is 2. The topological polar surface area (TPSA) is 98.4 Å². The van der Waals surface area contributed by atoms with Crippen molar-refractivity contribution < 1.29 is 33.6 Å². The first-order valence-electron chi connectivity index (χ1n) is 12.5. The van der Waals surface area contributed by atoms with Crippen molar-refractivity contribution in [3.63, 3.8) is 0 Å². The molecule has 6 rings (SSSR count). The maximum Gasteiger partial charge on any atom is 0.305 e. The molecule has 2 N–H and O–H groups in total. The normalized spacial score (nSPS) is 51.3. The molecule has 5 aliphatic rings. The number of fused-ring (bicyclic) bond motifs is 4. The standard InChI is InChI=1S/C27H36O7/c1-13-15(14-6-7-32-11-14)8-16-21(13)27(4)17(9-20(30)31-5)26(3)19(29)10-18(28)25(2)12-33-22(23(25)26)24(27)34-16/h6-7,11,15-19,22-24,28-29H,8-10,12H2,1-5H3/t15-,16-,17-,18-,19+,22?,23?,24-,25-,26+,27-/m1/s1. The van der Waals surface area contributed by atoms with Crippen LogP contribution >= 0.6 is 0 Å². The fourth-order valence-corrected chi connectivity index (χ4v) is 9.17. The minimum Gasteiger partial charge on any atom is -0.472 e. The molecule has 2 saturated carbocycles. The Labute approximate surface area is 200 Å². The average Bonchev–Trinajstić information content (AvgIpc) is 3.55. The molecular formula is C27H36O7. The smallest absolute Gasteiger partial charge is 0.305 e. The molecule has 2 unspecified atom stereocenters. The summed E-state index contributed by atoms with van der Waals surface area (Å²) in [5, 5.41) is 22.6. The van der Waals surface area contributed by atoms with Crippen LogP contribution < -0.4 is 0 Å². The number of hydrogen-bond acceptors (Lipinski definition) is 7. The lowest BCUT2D eigenvalue weighted by Crippen LogP contribution is -2.70. The predicted octanol–water partition coefficient (Wildman–Crippen LogP) is 3.20. The monoisotopic (exact) mass is 472 g/mol. The zero-order chi connectivity index (χ0) is 24.2. The van der Waals surface area contributed by atoms with E-state index in [1.54, 1.807) is 12.5 Å². The second-order valence-electron chi connectivity index (χ2n) is 12.0. The molecule has 0 radical (unpaired) electrons. The summed E-state index contributed by atoms with van der Waals surface area (Å²) >= 11 is 0. The molecule has 2 aliphatic heterocycles. The largest absolute Gasteiger partial charge is 0.472 e. The van der Waals surface area contributed by atoms with E-state index < -0.39 is 28.5 Å². The molecule has 0 amide bonds. The number of rotatable bonds is 3. The first kappa shape index (κ1) is 22.8. The van der Waals surface area contributed by atoms with Crippen molar-refractivity contribution in [2.24, 2.45) is 28.1 Å². The number of methoxy groups -OCH3 is 1. The third kappa shape index (κ3) is 2.54. The van der Waals surface area contributed by atoms with Gasteiger partial charge in [0.2, 0.25) is 0 Å². The highest BCUT2D eigenvalue weighted by Crippen LogP contribution is 2.73. The summed E-state index contributed by atoms with van der Waals surface area (Å²) in [6.07, 6.45) is 2.80. The summed E-state index contributed by atoms with van der Waals surface area (Å²) in [5.41, 5.74) is 1.99. The number of aliphatic hydroxyl groups excluding tert-OH is 2. The van der Waals surface area contributed by atoms with Gasteiger partial charge in [-0.3, -0.25) is 4.79 Å². The third-order valence-electron chi connectivity index (χ3n) is 10.7. The molecule has 3 heterocycles. The zero-order valence-corrected chi connectivity index (χ0v) is 20.6. The summed E-state index contributed by atoms with van der Waals surface area (Å²) in [6, 6.07) is 2.01. The van der Waals surface area contributed by atoms with Crippen molar-refractivity contribution in [2.75, 3.05) is 13.7 Å².